The van der Waals surface area contributed by atoms with Gasteiger partial charge in [0.2, 0.25) is 5.91 Å². The van der Waals surface area contributed by atoms with E-state index in [2.05, 4.69) is 10.6 Å². The summed E-state index contributed by atoms with van der Waals surface area (Å²) in [6, 6.07) is 14.0. The van der Waals surface area contributed by atoms with Gasteiger partial charge in [-0.15, -0.1) is 0 Å². The summed E-state index contributed by atoms with van der Waals surface area (Å²) in [6.07, 6.45) is 1.05. The molecule has 0 radical (unpaired) electrons. The van der Waals surface area contributed by atoms with Gasteiger partial charge >= 0.3 is 6.03 Å². The molecule has 23 heavy (non-hydrogen) atoms. The minimum absolute atomic E-state index is 0.0238. The molecule has 0 fully saturated rings. The van der Waals surface area contributed by atoms with Crippen LogP contribution in [0.15, 0.2) is 48.5 Å². The van der Waals surface area contributed by atoms with E-state index in [-0.39, 0.29) is 5.91 Å². The summed E-state index contributed by atoms with van der Waals surface area (Å²) in [7, 11) is 0. The van der Waals surface area contributed by atoms with Crippen LogP contribution in [-0.4, -0.2) is 11.9 Å². The number of carbonyl (C=O) groups is 2. The molecule has 2 aromatic carbocycles. The number of benzene rings is 2. The zero-order chi connectivity index (χ0) is 16.7. The van der Waals surface area contributed by atoms with Gasteiger partial charge in [-0.25, -0.2) is 4.79 Å². The molecule has 0 bridgehead atoms. The summed E-state index contributed by atoms with van der Waals surface area (Å²) in [6.45, 7) is 0.436. The minimum Gasteiger partial charge on any atom is -0.352 e. The fourth-order valence-corrected chi connectivity index (χ4v) is 2.30. The number of nitrogens with two attached hydrogens (primary N) is 1. The van der Waals surface area contributed by atoms with E-state index in [1.807, 2.05) is 36.4 Å². The highest BCUT2D eigenvalue weighted by molar-refractivity contribution is 6.30. The van der Waals surface area contributed by atoms with E-state index in [1.165, 1.54) is 0 Å². The van der Waals surface area contributed by atoms with Crippen molar-refractivity contribution in [1.82, 2.24) is 5.32 Å². The van der Waals surface area contributed by atoms with Gasteiger partial charge in [-0.3, -0.25) is 4.79 Å². The fourth-order valence-electron chi connectivity index (χ4n) is 2.09. The molecule has 0 aromatic heterocycles. The topological polar surface area (TPSA) is 84.2 Å². The maximum atomic E-state index is 11.9. The van der Waals surface area contributed by atoms with E-state index in [4.69, 9.17) is 17.3 Å². The lowest BCUT2D eigenvalue weighted by Gasteiger charge is -2.07. The van der Waals surface area contributed by atoms with Crippen molar-refractivity contribution in [3.8, 4) is 0 Å². The van der Waals surface area contributed by atoms with Gasteiger partial charge in [0.05, 0.1) is 0 Å². The van der Waals surface area contributed by atoms with Crippen molar-refractivity contribution in [3.05, 3.63) is 64.7 Å². The van der Waals surface area contributed by atoms with E-state index in [0.29, 0.717) is 30.1 Å². The predicted octanol–water partition coefficient (Wildman–Crippen LogP) is 3.08. The van der Waals surface area contributed by atoms with Crippen LogP contribution in [0.1, 0.15) is 17.5 Å². The number of aryl methyl sites for hydroxylation is 1. The Morgan fingerprint density at radius 2 is 1.78 bits per heavy atom. The summed E-state index contributed by atoms with van der Waals surface area (Å²) in [4.78, 5) is 22.6. The zero-order valence-electron chi connectivity index (χ0n) is 12.5. The molecule has 120 valence electrons. The molecule has 0 saturated carbocycles. The van der Waals surface area contributed by atoms with Gasteiger partial charge in [-0.2, -0.15) is 0 Å². The van der Waals surface area contributed by atoms with Gasteiger partial charge in [0.1, 0.15) is 0 Å². The number of carbonyl (C=O) groups excluding carboxylic acids is 2. The Morgan fingerprint density at radius 3 is 2.43 bits per heavy atom. The number of hydrogen-bond acceptors (Lipinski definition) is 2. The molecule has 0 aliphatic heterocycles. The van der Waals surface area contributed by atoms with Gasteiger partial charge in [0, 0.05) is 23.7 Å². The van der Waals surface area contributed by atoms with E-state index in [0.717, 1.165) is 11.1 Å². The van der Waals surface area contributed by atoms with Crippen LogP contribution in [0.25, 0.3) is 0 Å². The smallest absolute Gasteiger partial charge is 0.316 e. The lowest BCUT2D eigenvalue weighted by molar-refractivity contribution is -0.121. The highest BCUT2D eigenvalue weighted by Crippen LogP contribution is 2.12. The van der Waals surface area contributed by atoms with Crippen LogP contribution in [0.4, 0.5) is 10.5 Å². The van der Waals surface area contributed by atoms with Crippen LogP contribution in [0, 0.1) is 0 Å². The number of rotatable bonds is 6. The number of amides is 3. The Kier molecular flexibility index (Phi) is 6.00. The molecule has 0 aliphatic carbocycles. The first-order valence-corrected chi connectivity index (χ1v) is 7.57. The quantitative estimate of drug-likeness (QED) is 0.760. The molecule has 3 amide bonds. The fraction of sp³-hybridized carbons (Fsp3) is 0.176. The molecular weight excluding hydrogens is 314 g/mol. The van der Waals surface area contributed by atoms with Crippen LogP contribution in [-0.2, 0) is 17.8 Å². The largest absolute Gasteiger partial charge is 0.352 e. The third kappa shape index (κ3) is 6.00. The van der Waals surface area contributed by atoms with Crippen molar-refractivity contribution in [2.75, 3.05) is 5.32 Å². The number of anilines is 1. The molecule has 0 spiro atoms. The van der Waals surface area contributed by atoms with Crippen LogP contribution in [0.2, 0.25) is 5.02 Å². The summed E-state index contributed by atoms with van der Waals surface area (Å²) in [5.41, 5.74) is 7.63. The number of nitrogens with one attached hydrogen (secondary N) is 2. The molecule has 2 rings (SSSR count). The molecule has 0 aliphatic rings. The van der Waals surface area contributed by atoms with Crippen molar-refractivity contribution >= 4 is 29.2 Å². The molecular formula is C17H18ClN3O2. The zero-order valence-corrected chi connectivity index (χ0v) is 13.3. The number of halogens is 1. The van der Waals surface area contributed by atoms with Gasteiger partial charge < -0.3 is 16.4 Å². The standard InChI is InChI=1S/C17H18ClN3O2/c18-14-3-1-2-12(10-14)6-9-16(22)20-11-13-4-7-15(8-5-13)21-17(19)23/h1-5,7-8,10H,6,9,11H2,(H,20,22)(H3,19,21,23). The Balaban J connectivity index is 1.76. The predicted molar refractivity (Wildman–Crippen MR) is 91.3 cm³/mol. The Hall–Kier alpha value is -2.53. The van der Waals surface area contributed by atoms with Crippen molar-refractivity contribution < 1.29 is 9.59 Å². The van der Waals surface area contributed by atoms with Gasteiger partial charge in [0.25, 0.3) is 0 Å². The first-order chi connectivity index (χ1) is 11.0. The third-order valence-electron chi connectivity index (χ3n) is 3.24. The van der Waals surface area contributed by atoms with E-state index >= 15 is 0 Å². The first-order valence-electron chi connectivity index (χ1n) is 7.19. The molecule has 0 atom stereocenters. The molecule has 0 unspecified atom stereocenters. The van der Waals surface area contributed by atoms with Crippen molar-refractivity contribution in [2.24, 2.45) is 5.73 Å². The highest BCUT2D eigenvalue weighted by Gasteiger charge is 2.03. The number of urea groups is 1. The van der Waals surface area contributed by atoms with Gasteiger partial charge in [-0.1, -0.05) is 35.9 Å². The second-order valence-electron chi connectivity index (χ2n) is 5.09. The second-order valence-corrected chi connectivity index (χ2v) is 5.53. The first kappa shape index (κ1) is 16.8. The lowest BCUT2D eigenvalue weighted by atomic mass is 10.1. The maximum absolute atomic E-state index is 11.9. The van der Waals surface area contributed by atoms with Crippen molar-refractivity contribution in [1.29, 1.82) is 0 Å². The van der Waals surface area contributed by atoms with Crippen molar-refractivity contribution in [2.45, 2.75) is 19.4 Å². The van der Waals surface area contributed by atoms with Crippen molar-refractivity contribution in [3.63, 3.8) is 0 Å². The lowest BCUT2D eigenvalue weighted by Crippen LogP contribution is -2.23. The third-order valence-corrected chi connectivity index (χ3v) is 3.48. The molecule has 0 saturated heterocycles. The Morgan fingerprint density at radius 1 is 1.04 bits per heavy atom. The number of hydrogen-bond donors (Lipinski definition) is 3. The average Bonchev–Trinajstić information content (AvgIpc) is 2.52. The van der Waals surface area contributed by atoms with Crippen LogP contribution in [0.3, 0.4) is 0 Å². The monoisotopic (exact) mass is 331 g/mol. The summed E-state index contributed by atoms with van der Waals surface area (Å²) >= 11 is 5.91. The van der Waals surface area contributed by atoms with Crippen LogP contribution in [0.5, 0.6) is 0 Å². The molecule has 0 heterocycles. The summed E-state index contributed by atoms with van der Waals surface area (Å²) < 4.78 is 0. The van der Waals surface area contributed by atoms with Gasteiger partial charge in [-0.05, 0) is 41.8 Å². The molecule has 5 nitrogen and oxygen atoms in total. The Labute approximate surface area is 139 Å². The molecule has 4 N–H and O–H groups in total. The second kappa shape index (κ2) is 8.19. The summed E-state index contributed by atoms with van der Waals surface area (Å²) in [5, 5.41) is 6.01. The van der Waals surface area contributed by atoms with Crippen LogP contribution < -0.4 is 16.4 Å². The van der Waals surface area contributed by atoms with Crippen LogP contribution >= 0.6 is 11.6 Å². The van der Waals surface area contributed by atoms with Gasteiger partial charge in [0.15, 0.2) is 0 Å². The van der Waals surface area contributed by atoms with E-state index in [9.17, 15) is 9.59 Å². The average molecular weight is 332 g/mol. The minimum atomic E-state index is -0.605. The van der Waals surface area contributed by atoms with E-state index < -0.39 is 6.03 Å². The normalized spacial score (nSPS) is 10.1. The molecule has 6 heteroatoms. The summed E-state index contributed by atoms with van der Waals surface area (Å²) in [5.74, 6) is -0.0238. The SMILES string of the molecule is NC(=O)Nc1ccc(CNC(=O)CCc2cccc(Cl)c2)cc1. The maximum Gasteiger partial charge on any atom is 0.316 e. The Bertz CT molecular complexity index is 686. The number of primary amides is 1. The highest BCUT2D eigenvalue weighted by atomic mass is 35.5. The molecule has 2 aromatic rings. The van der Waals surface area contributed by atoms with E-state index in [1.54, 1.807) is 12.1 Å².